The zero-order chi connectivity index (χ0) is 13.9. The minimum Gasteiger partial charge on any atom is -0.379 e. The molecule has 1 amide bonds. The van der Waals surface area contributed by atoms with E-state index in [9.17, 15) is 4.79 Å². The highest BCUT2D eigenvalue weighted by Gasteiger charge is 2.17. The monoisotopic (exact) mass is 272 g/mol. The Bertz CT molecular complexity index is 243. The molecule has 0 aliphatic carbocycles. The number of hydrogen-bond donors (Lipinski definition) is 2. The standard InChI is InChI=1S/C14H28N2O3/c1-12(10-19-13-7-9-18-11-13)16-14(17)6-4-2-3-5-8-15/h12-13H,2-11,15H2,1H3,(H,16,17). The summed E-state index contributed by atoms with van der Waals surface area (Å²) in [6.45, 7) is 4.75. The molecule has 0 spiro atoms. The van der Waals surface area contributed by atoms with Crippen LogP contribution in [0.2, 0.25) is 0 Å². The number of nitrogens with one attached hydrogen (secondary N) is 1. The Morgan fingerprint density at radius 1 is 1.42 bits per heavy atom. The van der Waals surface area contributed by atoms with E-state index in [1.165, 1.54) is 0 Å². The normalized spacial score (nSPS) is 20.4. The Kier molecular flexibility index (Phi) is 8.79. The van der Waals surface area contributed by atoms with Crippen LogP contribution >= 0.6 is 0 Å². The van der Waals surface area contributed by atoms with Crippen molar-refractivity contribution in [2.24, 2.45) is 5.73 Å². The van der Waals surface area contributed by atoms with Gasteiger partial charge in [0.25, 0.3) is 0 Å². The first-order valence-corrected chi connectivity index (χ1v) is 7.41. The van der Waals surface area contributed by atoms with Crippen LogP contribution in [0.25, 0.3) is 0 Å². The molecule has 1 heterocycles. The van der Waals surface area contributed by atoms with Gasteiger partial charge in [-0.25, -0.2) is 0 Å². The van der Waals surface area contributed by atoms with Crippen LogP contribution in [0.1, 0.15) is 45.4 Å². The highest BCUT2D eigenvalue weighted by molar-refractivity contribution is 5.76. The number of nitrogens with two attached hydrogens (primary N) is 1. The fraction of sp³-hybridized carbons (Fsp3) is 0.929. The lowest BCUT2D eigenvalue weighted by Crippen LogP contribution is -2.37. The van der Waals surface area contributed by atoms with Gasteiger partial charge in [-0.1, -0.05) is 12.8 Å². The first-order valence-electron chi connectivity index (χ1n) is 7.41. The zero-order valence-corrected chi connectivity index (χ0v) is 12.0. The summed E-state index contributed by atoms with van der Waals surface area (Å²) in [5, 5.41) is 2.97. The van der Waals surface area contributed by atoms with Gasteiger partial charge in [0.2, 0.25) is 5.91 Å². The van der Waals surface area contributed by atoms with E-state index in [1.54, 1.807) is 0 Å². The molecule has 112 valence electrons. The van der Waals surface area contributed by atoms with E-state index in [1.807, 2.05) is 6.92 Å². The molecule has 0 saturated carbocycles. The second kappa shape index (κ2) is 10.2. The van der Waals surface area contributed by atoms with Crippen molar-refractivity contribution in [1.29, 1.82) is 0 Å². The van der Waals surface area contributed by atoms with E-state index < -0.39 is 0 Å². The topological polar surface area (TPSA) is 73.6 Å². The van der Waals surface area contributed by atoms with Gasteiger partial charge in [0, 0.05) is 19.1 Å². The van der Waals surface area contributed by atoms with Crippen molar-refractivity contribution in [3.63, 3.8) is 0 Å². The number of carbonyl (C=O) groups is 1. The summed E-state index contributed by atoms with van der Waals surface area (Å²) < 4.78 is 10.9. The van der Waals surface area contributed by atoms with Crippen LogP contribution in [0.3, 0.4) is 0 Å². The Morgan fingerprint density at radius 2 is 2.21 bits per heavy atom. The highest BCUT2D eigenvalue weighted by Crippen LogP contribution is 2.08. The van der Waals surface area contributed by atoms with Crippen LogP contribution in [0.4, 0.5) is 0 Å². The lowest BCUT2D eigenvalue weighted by atomic mass is 10.1. The molecule has 1 aliphatic rings. The van der Waals surface area contributed by atoms with Gasteiger partial charge in [0.15, 0.2) is 0 Å². The van der Waals surface area contributed by atoms with E-state index >= 15 is 0 Å². The SMILES string of the molecule is CC(COC1CCOC1)NC(=O)CCCCCCN. The number of ether oxygens (including phenoxy) is 2. The lowest BCUT2D eigenvalue weighted by Gasteiger charge is -2.16. The molecule has 1 fully saturated rings. The third-order valence-corrected chi connectivity index (χ3v) is 3.24. The van der Waals surface area contributed by atoms with Gasteiger partial charge in [-0.15, -0.1) is 0 Å². The van der Waals surface area contributed by atoms with E-state index in [-0.39, 0.29) is 18.1 Å². The molecule has 2 unspecified atom stereocenters. The average molecular weight is 272 g/mol. The number of amides is 1. The minimum absolute atomic E-state index is 0.0668. The number of rotatable bonds is 10. The summed E-state index contributed by atoms with van der Waals surface area (Å²) >= 11 is 0. The summed E-state index contributed by atoms with van der Waals surface area (Å²) in [6.07, 6.45) is 5.95. The second-order valence-electron chi connectivity index (χ2n) is 5.24. The fourth-order valence-electron chi connectivity index (χ4n) is 2.10. The van der Waals surface area contributed by atoms with Crippen LogP contribution < -0.4 is 11.1 Å². The quantitative estimate of drug-likeness (QED) is 0.586. The molecule has 3 N–H and O–H groups in total. The first-order chi connectivity index (χ1) is 9.22. The van der Waals surface area contributed by atoms with E-state index in [0.29, 0.717) is 19.6 Å². The largest absolute Gasteiger partial charge is 0.379 e. The molecule has 0 radical (unpaired) electrons. The van der Waals surface area contributed by atoms with Crippen molar-refractivity contribution in [3.8, 4) is 0 Å². The Labute approximate surface area is 116 Å². The lowest BCUT2D eigenvalue weighted by molar-refractivity contribution is -0.122. The summed E-state index contributed by atoms with van der Waals surface area (Å²) in [7, 11) is 0. The van der Waals surface area contributed by atoms with Gasteiger partial charge in [-0.3, -0.25) is 4.79 Å². The third-order valence-electron chi connectivity index (χ3n) is 3.24. The molecule has 0 bridgehead atoms. The molecule has 0 aromatic rings. The van der Waals surface area contributed by atoms with Gasteiger partial charge < -0.3 is 20.5 Å². The molecule has 19 heavy (non-hydrogen) atoms. The zero-order valence-electron chi connectivity index (χ0n) is 12.0. The molecule has 1 aliphatic heterocycles. The maximum Gasteiger partial charge on any atom is 0.220 e. The molecular formula is C14H28N2O3. The van der Waals surface area contributed by atoms with Crippen molar-refractivity contribution in [2.45, 2.75) is 57.6 Å². The summed E-state index contributed by atoms with van der Waals surface area (Å²) in [5.41, 5.74) is 5.42. The van der Waals surface area contributed by atoms with Gasteiger partial charge in [0.1, 0.15) is 0 Å². The van der Waals surface area contributed by atoms with E-state index in [4.69, 9.17) is 15.2 Å². The Hall–Kier alpha value is -0.650. The van der Waals surface area contributed by atoms with Crippen molar-refractivity contribution in [3.05, 3.63) is 0 Å². The molecule has 5 nitrogen and oxygen atoms in total. The van der Waals surface area contributed by atoms with Gasteiger partial charge in [0.05, 0.1) is 19.3 Å². The van der Waals surface area contributed by atoms with Crippen LogP contribution in [0.5, 0.6) is 0 Å². The van der Waals surface area contributed by atoms with E-state index in [2.05, 4.69) is 5.32 Å². The minimum atomic E-state index is 0.0668. The predicted molar refractivity (Wildman–Crippen MR) is 74.9 cm³/mol. The van der Waals surface area contributed by atoms with Gasteiger partial charge in [-0.05, 0) is 32.7 Å². The fourth-order valence-corrected chi connectivity index (χ4v) is 2.10. The summed E-state index contributed by atoms with van der Waals surface area (Å²) in [4.78, 5) is 11.7. The molecule has 1 rings (SSSR count). The van der Waals surface area contributed by atoms with Crippen molar-refractivity contribution in [1.82, 2.24) is 5.32 Å². The molecular weight excluding hydrogens is 244 g/mol. The van der Waals surface area contributed by atoms with Gasteiger partial charge in [-0.2, -0.15) is 0 Å². The van der Waals surface area contributed by atoms with Gasteiger partial charge >= 0.3 is 0 Å². The van der Waals surface area contributed by atoms with Crippen molar-refractivity contribution < 1.29 is 14.3 Å². The summed E-state index contributed by atoms with van der Waals surface area (Å²) in [6, 6.07) is 0.0668. The average Bonchev–Trinajstić information content (AvgIpc) is 2.89. The maximum absolute atomic E-state index is 11.7. The predicted octanol–water partition coefficient (Wildman–Crippen LogP) is 1.21. The third kappa shape index (κ3) is 8.18. The van der Waals surface area contributed by atoms with E-state index in [0.717, 1.165) is 45.3 Å². The second-order valence-corrected chi connectivity index (χ2v) is 5.24. The maximum atomic E-state index is 11.7. The Morgan fingerprint density at radius 3 is 2.89 bits per heavy atom. The Balaban J connectivity index is 1.97. The molecule has 0 aromatic carbocycles. The van der Waals surface area contributed by atoms with Crippen molar-refractivity contribution in [2.75, 3.05) is 26.4 Å². The molecule has 2 atom stereocenters. The van der Waals surface area contributed by atoms with Crippen LogP contribution in [0, 0.1) is 0 Å². The van der Waals surface area contributed by atoms with Crippen LogP contribution in [0.15, 0.2) is 0 Å². The first kappa shape index (κ1) is 16.4. The van der Waals surface area contributed by atoms with Crippen LogP contribution in [-0.4, -0.2) is 44.4 Å². The molecule has 1 saturated heterocycles. The number of hydrogen-bond acceptors (Lipinski definition) is 4. The number of carbonyl (C=O) groups excluding carboxylic acids is 1. The highest BCUT2D eigenvalue weighted by atomic mass is 16.5. The number of unbranched alkanes of at least 4 members (excludes halogenated alkanes) is 3. The molecule has 5 heteroatoms. The molecule has 0 aromatic heterocycles. The van der Waals surface area contributed by atoms with Crippen molar-refractivity contribution >= 4 is 5.91 Å². The van der Waals surface area contributed by atoms with Crippen LogP contribution in [-0.2, 0) is 14.3 Å². The summed E-state index contributed by atoms with van der Waals surface area (Å²) in [5.74, 6) is 0.117. The smallest absolute Gasteiger partial charge is 0.220 e.